The third-order valence-electron chi connectivity index (χ3n) is 5.42. The summed E-state index contributed by atoms with van der Waals surface area (Å²) < 4.78 is 8.98. The SMILES string of the molecule is CCOC(C)=NC(=O)c1ccccc1.Cc1nc(-c2ccccc2)n(-c2cccc(Br)c2)n1.Cl.NNc1cccc(Br)c1. The van der Waals surface area contributed by atoms with E-state index in [0.29, 0.717) is 18.1 Å². The fourth-order valence-electron chi connectivity index (χ4n) is 3.58. The molecule has 0 radical (unpaired) electrons. The predicted molar refractivity (Wildman–Crippen MR) is 184 cm³/mol. The quantitative estimate of drug-likeness (QED) is 0.0815. The van der Waals surface area contributed by atoms with E-state index in [1.807, 2.05) is 103 Å². The van der Waals surface area contributed by atoms with Crippen molar-refractivity contribution >= 4 is 61.8 Å². The summed E-state index contributed by atoms with van der Waals surface area (Å²) in [6.07, 6.45) is 0. The molecular formula is C32H33Br2ClN6O2. The molecule has 0 unspecified atom stereocenters. The molecule has 8 nitrogen and oxygen atoms in total. The van der Waals surface area contributed by atoms with Gasteiger partial charge in [0.1, 0.15) is 5.82 Å². The van der Waals surface area contributed by atoms with Crippen molar-refractivity contribution in [1.29, 1.82) is 0 Å². The van der Waals surface area contributed by atoms with Crippen molar-refractivity contribution in [2.24, 2.45) is 10.8 Å². The second-order valence-electron chi connectivity index (χ2n) is 8.63. The maximum absolute atomic E-state index is 11.5. The molecule has 0 spiro atoms. The Labute approximate surface area is 275 Å². The van der Waals surface area contributed by atoms with Crippen LogP contribution in [0.15, 0.2) is 123 Å². The van der Waals surface area contributed by atoms with E-state index in [4.69, 9.17) is 10.6 Å². The number of aryl methyl sites for hydroxylation is 1. The summed E-state index contributed by atoms with van der Waals surface area (Å²) in [6, 6.07) is 34.7. The van der Waals surface area contributed by atoms with Gasteiger partial charge in [-0.1, -0.05) is 92.5 Å². The highest BCUT2D eigenvalue weighted by molar-refractivity contribution is 9.10. The number of hydrazine groups is 1. The second-order valence-corrected chi connectivity index (χ2v) is 10.5. The van der Waals surface area contributed by atoms with Crippen LogP contribution in [0.1, 0.15) is 30.0 Å². The lowest BCUT2D eigenvalue weighted by atomic mass is 10.2. The second kappa shape index (κ2) is 18.7. The highest BCUT2D eigenvalue weighted by Gasteiger charge is 2.11. The summed E-state index contributed by atoms with van der Waals surface area (Å²) in [6.45, 7) is 5.95. The van der Waals surface area contributed by atoms with Crippen molar-refractivity contribution in [3.63, 3.8) is 0 Å². The van der Waals surface area contributed by atoms with Gasteiger partial charge in [-0.25, -0.2) is 9.67 Å². The van der Waals surface area contributed by atoms with Crippen LogP contribution in [0.5, 0.6) is 0 Å². The predicted octanol–water partition coefficient (Wildman–Crippen LogP) is 8.44. The van der Waals surface area contributed by atoms with E-state index in [1.54, 1.807) is 31.2 Å². The van der Waals surface area contributed by atoms with Crippen molar-refractivity contribution in [3.05, 3.63) is 130 Å². The normalized spacial score (nSPS) is 10.2. The fraction of sp³-hybridized carbons (Fsp3) is 0.125. The Balaban J connectivity index is 0.000000238. The van der Waals surface area contributed by atoms with Crippen LogP contribution in [-0.2, 0) is 4.74 Å². The Morgan fingerprint density at radius 1 is 0.907 bits per heavy atom. The van der Waals surface area contributed by atoms with Crippen LogP contribution in [0.2, 0.25) is 0 Å². The minimum absolute atomic E-state index is 0. The molecular weight excluding hydrogens is 696 g/mol. The lowest BCUT2D eigenvalue weighted by molar-refractivity contribution is 0.0999. The van der Waals surface area contributed by atoms with Gasteiger partial charge < -0.3 is 10.2 Å². The standard InChI is InChI=1S/C15H12BrN3.C11H13NO2.C6H7BrN2.ClH/c1-11-17-15(12-6-3-2-4-7-12)19(18-11)14-9-5-8-13(16)10-14;1-3-14-9(2)12-11(13)10-7-5-4-6-8-10;7-5-2-1-3-6(4-5)9-8;/h2-10H,1H3;4-8H,3H2,1-2H3;1-4,9H,8H2;1H. The smallest absolute Gasteiger partial charge is 0.279 e. The van der Waals surface area contributed by atoms with Crippen molar-refractivity contribution in [2.75, 3.05) is 12.0 Å². The number of carbonyl (C=O) groups is 1. The summed E-state index contributed by atoms with van der Waals surface area (Å²) in [5.41, 5.74) is 6.07. The molecule has 0 atom stereocenters. The minimum Gasteiger partial charge on any atom is -0.481 e. The molecule has 0 saturated carbocycles. The van der Waals surface area contributed by atoms with Crippen molar-refractivity contribution in [1.82, 2.24) is 14.8 Å². The van der Waals surface area contributed by atoms with E-state index in [1.165, 1.54) is 0 Å². The average Bonchev–Trinajstić information content (AvgIpc) is 3.40. The molecule has 0 fully saturated rings. The number of amides is 1. The molecule has 0 aliphatic carbocycles. The first-order valence-electron chi connectivity index (χ1n) is 13.1. The third-order valence-corrected chi connectivity index (χ3v) is 6.41. The summed E-state index contributed by atoms with van der Waals surface area (Å²) in [7, 11) is 0. The number of hydrogen-bond acceptors (Lipinski definition) is 6. The molecule has 0 aliphatic heterocycles. The van der Waals surface area contributed by atoms with Gasteiger partial charge in [0.25, 0.3) is 5.91 Å². The van der Waals surface area contributed by atoms with Gasteiger partial charge in [0.2, 0.25) is 0 Å². The largest absolute Gasteiger partial charge is 0.481 e. The van der Waals surface area contributed by atoms with Crippen molar-refractivity contribution < 1.29 is 9.53 Å². The Hall–Kier alpha value is -3.83. The number of nitrogen functional groups attached to an aromatic ring is 1. The Kier molecular flexibility index (Phi) is 15.3. The third kappa shape index (κ3) is 11.8. The van der Waals surface area contributed by atoms with Gasteiger partial charge in [-0.05, 0) is 62.4 Å². The first kappa shape index (κ1) is 35.4. The number of ether oxygens (including phenoxy) is 1. The topological polar surface area (TPSA) is 107 Å². The van der Waals surface area contributed by atoms with E-state index >= 15 is 0 Å². The van der Waals surface area contributed by atoms with Crippen LogP contribution < -0.4 is 11.3 Å². The maximum atomic E-state index is 11.5. The van der Waals surface area contributed by atoms with Crippen LogP contribution in [0.4, 0.5) is 5.69 Å². The zero-order valence-corrected chi connectivity index (χ0v) is 27.9. The van der Waals surface area contributed by atoms with Gasteiger partial charge >= 0.3 is 0 Å². The van der Waals surface area contributed by atoms with E-state index in [0.717, 1.165) is 37.5 Å². The summed E-state index contributed by atoms with van der Waals surface area (Å²) in [4.78, 5) is 19.8. The van der Waals surface area contributed by atoms with E-state index in [9.17, 15) is 4.79 Å². The number of hydrogen-bond donors (Lipinski definition) is 2. The van der Waals surface area contributed by atoms with E-state index in [2.05, 4.69) is 52.4 Å². The first-order valence-corrected chi connectivity index (χ1v) is 14.6. The molecule has 4 aromatic carbocycles. The van der Waals surface area contributed by atoms with Crippen molar-refractivity contribution in [3.8, 4) is 17.1 Å². The van der Waals surface area contributed by atoms with Crippen molar-refractivity contribution in [2.45, 2.75) is 20.8 Å². The van der Waals surface area contributed by atoms with Gasteiger partial charge in [-0.3, -0.25) is 10.6 Å². The number of halogens is 3. The average molecular weight is 729 g/mol. The van der Waals surface area contributed by atoms with Gasteiger partial charge in [0.05, 0.1) is 12.3 Å². The Bertz CT molecular complexity index is 1600. The summed E-state index contributed by atoms with van der Waals surface area (Å²) in [5, 5.41) is 4.48. The number of rotatable bonds is 5. The Morgan fingerprint density at radius 2 is 1.51 bits per heavy atom. The minimum atomic E-state index is -0.267. The molecule has 1 heterocycles. The van der Waals surface area contributed by atoms with Crippen LogP contribution in [0.25, 0.3) is 17.1 Å². The van der Waals surface area contributed by atoms with Crippen LogP contribution in [0.3, 0.4) is 0 Å². The fourth-order valence-corrected chi connectivity index (χ4v) is 4.37. The van der Waals surface area contributed by atoms with Gasteiger partial charge in [0.15, 0.2) is 11.7 Å². The molecule has 11 heteroatoms. The highest BCUT2D eigenvalue weighted by atomic mass is 79.9. The first-order chi connectivity index (χ1) is 20.3. The van der Waals surface area contributed by atoms with Gasteiger partial charge in [-0.15, -0.1) is 12.4 Å². The number of nitrogens with two attached hydrogens (primary N) is 1. The zero-order chi connectivity index (χ0) is 30.3. The molecule has 1 aromatic heterocycles. The molecule has 1 amide bonds. The molecule has 5 rings (SSSR count). The Morgan fingerprint density at radius 3 is 2.07 bits per heavy atom. The number of nitrogens with zero attached hydrogens (tertiary/aromatic N) is 4. The van der Waals surface area contributed by atoms with Crippen LogP contribution in [-0.4, -0.2) is 33.2 Å². The number of nitrogens with one attached hydrogen (secondary N) is 1. The molecule has 5 aromatic rings. The molecule has 224 valence electrons. The number of benzene rings is 4. The highest BCUT2D eigenvalue weighted by Crippen LogP contribution is 2.22. The lowest BCUT2D eigenvalue weighted by Gasteiger charge is -2.06. The molecule has 43 heavy (non-hydrogen) atoms. The molecule has 0 saturated heterocycles. The molecule has 3 N–H and O–H groups in total. The number of carbonyl (C=O) groups excluding carboxylic acids is 1. The summed E-state index contributed by atoms with van der Waals surface area (Å²) >= 11 is 6.79. The summed E-state index contributed by atoms with van der Waals surface area (Å²) in [5.74, 6) is 6.91. The number of anilines is 1. The van der Waals surface area contributed by atoms with E-state index in [-0.39, 0.29) is 18.3 Å². The van der Waals surface area contributed by atoms with Crippen LogP contribution in [0, 0.1) is 6.92 Å². The van der Waals surface area contributed by atoms with Gasteiger partial charge in [-0.2, -0.15) is 10.1 Å². The molecule has 0 bridgehead atoms. The monoisotopic (exact) mass is 726 g/mol. The maximum Gasteiger partial charge on any atom is 0.279 e. The van der Waals surface area contributed by atoms with E-state index < -0.39 is 0 Å². The number of aliphatic imine (C=N–C) groups is 1. The van der Waals surface area contributed by atoms with Gasteiger partial charge in [0, 0.05) is 32.7 Å². The van der Waals surface area contributed by atoms with Crippen LogP contribution >= 0.6 is 44.3 Å². The lowest BCUT2D eigenvalue weighted by Crippen LogP contribution is -2.05. The number of aromatic nitrogens is 3. The zero-order valence-electron chi connectivity index (χ0n) is 23.9. The molecule has 0 aliphatic rings.